The Balaban J connectivity index is 3.83. The minimum atomic E-state index is -0.130. The third kappa shape index (κ3) is 10.5. The van der Waals surface area contributed by atoms with Crippen LogP contribution < -0.4 is 21.5 Å². The summed E-state index contributed by atoms with van der Waals surface area (Å²) in [6.45, 7) is 5.53. The van der Waals surface area contributed by atoms with Crippen molar-refractivity contribution in [1.29, 1.82) is 0 Å². The normalized spacial score (nSPS) is 11.4. The van der Waals surface area contributed by atoms with Crippen LogP contribution in [0, 0.1) is 0 Å². The number of hydrogen-bond acceptors (Lipinski definition) is 6. The maximum absolute atomic E-state index is 10.9. The average Bonchev–Trinajstić information content (AvgIpc) is 2.46. The first kappa shape index (κ1) is 19.1. The molecule has 0 amide bonds. The zero-order valence-electron chi connectivity index (χ0n) is 12.0. The molecule has 0 spiro atoms. The summed E-state index contributed by atoms with van der Waals surface area (Å²) in [6, 6.07) is 0. The fraction of sp³-hybridized carbons (Fsp3) is 0.455. The number of aldehydes is 1. The molecule has 21 heavy (non-hydrogen) atoms. The van der Waals surface area contributed by atoms with Crippen LogP contribution in [0.15, 0.2) is 10.2 Å². The van der Waals surface area contributed by atoms with Crippen molar-refractivity contribution < 1.29 is 9.59 Å². The molecular weight excluding hydrogens is 312 g/mol. The van der Waals surface area contributed by atoms with Gasteiger partial charge >= 0.3 is 0 Å². The first-order valence-electron chi connectivity index (χ1n) is 5.99. The SMILES string of the molecule is CC(=O)/C(C)=N/NC(=S)NCCNC(=S)N/N=C(\C)C=O. The summed E-state index contributed by atoms with van der Waals surface area (Å²) in [5, 5.41) is 13.8. The van der Waals surface area contributed by atoms with Crippen LogP contribution in [-0.2, 0) is 9.59 Å². The van der Waals surface area contributed by atoms with E-state index in [0.29, 0.717) is 41.0 Å². The minimum absolute atomic E-state index is 0.130. The quantitative estimate of drug-likeness (QED) is 0.162. The van der Waals surface area contributed by atoms with Gasteiger partial charge in [-0.25, -0.2) is 0 Å². The standard InChI is InChI=1S/C11H18N6O2S2/c1-7(6-18)14-16-10(20)12-4-5-13-11(21)17-15-8(2)9(3)19/h6H,4-5H2,1-3H3,(H2,12,16,20)(H2,13,17,21)/b14-7+,15-8+. The number of carbonyl (C=O) groups is 2. The minimum Gasteiger partial charge on any atom is -0.360 e. The number of nitrogens with zero attached hydrogens (tertiary/aromatic N) is 2. The summed E-state index contributed by atoms with van der Waals surface area (Å²) in [4.78, 5) is 21.2. The van der Waals surface area contributed by atoms with Crippen molar-refractivity contribution in [2.45, 2.75) is 20.8 Å². The highest BCUT2D eigenvalue weighted by Crippen LogP contribution is 1.77. The maximum atomic E-state index is 10.9. The smallest absolute Gasteiger partial charge is 0.187 e. The summed E-state index contributed by atoms with van der Waals surface area (Å²) >= 11 is 9.89. The highest BCUT2D eigenvalue weighted by Gasteiger charge is 1.99. The molecule has 0 atom stereocenters. The van der Waals surface area contributed by atoms with E-state index in [4.69, 9.17) is 24.4 Å². The van der Waals surface area contributed by atoms with Crippen LogP contribution in [-0.4, -0.2) is 46.8 Å². The van der Waals surface area contributed by atoms with Gasteiger partial charge < -0.3 is 10.6 Å². The van der Waals surface area contributed by atoms with Crippen LogP contribution in [0.4, 0.5) is 0 Å². The van der Waals surface area contributed by atoms with E-state index in [2.05, 4.69) is 31.7 Å². The molecule has 116 valence electrons. The topological polar surface area (TPSA) is 107 Å². The number of hydrogen-bond donors (Lipinski definition) is 4. The van der Waals surface area contributed by atoms with Crippen molar-refractivity contribution in [3.8, 4) is 0 Å². The average molecular weight is 330 g/mol. The molecule has 0 rings (SSSR count). The van der Waals surface area contributed by atoms with E-state index in [1.807, 2.05) is 0 Å². The Morgan fingerprint density at radius 1 is 1.00 bits per heavy atom. The second-order valence-corrected chi connectivity index (χ2v) is 4.68. The summed E-state index contributed by atoms with van der Waals surface area (Å²) in [6.07, 6.45) is 0.616. The largest absolute Gasteiger partial charge is 0.360 e. The third-order valence-corrected chi connectivity index (χ3v) is 2.51. The van der Waals surface area contributed by atoms with Crippen LogP contribution in [0.5, 0.6) is 0 Å². The van der Waals surface area contributed by atoms with Crippen molar-refractivity contribution in [3.63, 3.8) is 0 Å². The zero-order valence-corrected chi connectivity index (χ0v) is 13.7. The lowest BCUT2D eigenvalue weighted by Gasteiger charge is -2.09. The van der Waals surface area contributed by atoms with Crippen molar-refractivity contribution in [3.05, 3.63) is 0 Å². The predicted octanol–water partition coefficient (Wildman–Crippen LogP) is -0.546. The fourth-order valence-electron chi connectivity index (χ4n) is 0.810. The molecule has 0 radical (unpaired) electrons. The second kappa shape index (κ2) is 10.8. The van der Waals surface area contributed by atoms with Gasteiger partial charge in [0, 0.05) is 20.0 Å². The molecule has 0 aromatic carbocycles. The molecule has 0 aromatic heterocycles. The van der Waals surface area contributed by atoms with Gasteiger partial charge in [-0.2, -0.15) is 10.2 Å². The molecule has 4 N–H and O–H groups in total. The molecule has 0 bridgehead atoms. The summed E-state index contributed by atoms with van der Waals surface area (Å²) in [7, 11) is 0. The lowest BCUT2D eigenvalue weighted by molar-refractivity contribution is -0.111. The van der Waals surface area contributed by atoms with Crippen LogP contribution >= 0.6 is 24.4 Å². The van der Waals surface area contributed by atoms with Crippen LogP contribution in [0.1, 0.15) is 20.8 Å². The van der Waals surface area contributed by atoms with Crippen molar-refractivity contribution in [2.75, 3.05) is 13.1 Å². The van der Waals surface area contributed by atoms with E-state index in [1.54, 1.807) is 13.8 Å². The van der Waals surface area contributed by atoms with E-state index in [0.717, 1.165) is 0 Å². The first-order valence-corrected chi connectivity index (χ1v) is 6.80. The monoisotopic (exact) mass is 330 g/mol. The van der Waals surface area contributed by atoms with Crippen molar-refractivity contribution in [2.24, 2.45) is 10.2 Å². The molecule has 0 saturated carbocycles. The molecule has 10 heteroatoms. The zero-order chi connectivity index (χ0) is 16.3. The third-order valence-electron chi connectivity index (χ3n) is 2.04. The highest BCUT2D eigenvalue weighted by atomic mass is 32.1. The Bertz CT molecular complexity index is 475. The van der Waals surface area contributed by atoms with Gasteiger partial charge in [-0.3, -0.25) is 20.4 Å². The molecule has 0 unspecified atom stereocenters. The van der Waals surface area contributed by atoms with E-state index < -0.39 is 0 Å². The maximum Gasteiger partial charge on any atom is 0.187 e. The van der Waals surface area contributed by atoms with Gasteiger partial charge in [0.25, 0.3) is 0 Å². The molecule has 0 fully saturated rings. The number of ketones is 1. The van der Waals surface area contributed by atoms with E-state index in [1.165, 1.54) is 6.92 Å². The number of hydrazone groups is 2. The number of rotatable bonds is 7. The number of carbonyl (C=O) groups excluding carboxylic acids is 2. The van der Waals surface area contributed by atoms with Gasteiger partial charge in [0.15, 0.2) is 22.3 Å². The molecule has 8 nitrogen and oxygen atoms in total. The van der Waals surface area contributed by atoms with Crippen LogP contribution in [0.2, 0.25) is 0 Å². The van der Waals surface area contributed by atoms with E-state index in [-0.39, 0.29) is 5.78 Å². The second-order valence-electron chi connectivity index (χ2n) is 3.86. The molecule has 0 aromatic rings. The summed E-state index contributed by atoms with van der Waals surface area (Å²) in [5.74, 6) is -0.130. The summed E-state index contributed by atoms with van der Waals surface area (Å²) in [5.41, 5.74) is 5.70. The number of nitrogens with one attached hydrogen (secondary N) is 4. The first-order chi connectivity index (χ1) is 9.86. The Morgan fingerprint density at radius 2 is 1.48 bits per heavy atom. The Hall–Kier alpha value is -1.94. The lowest BCUT2D eigenvalue weighted by Crippen LogP contribution is -2.41. The van der Waals surface area contributed by atoms with Gasteiger partial charge in [0.05, 0.1) is 5.71 Å². The molecule has 0 saturated heterocycles. The number of thiocarbonyl (C=S) groups is 2. The summed E-state index contributed by atoms with van der Waals surface area (Å²) < 4.78 is 0. The van der Waals surface area contributed by atoms with Crippen LogP contribution in [0.25, 0.3) is 0 Å². The molecule has 0 heterocycles. The Morgan fingerprint density at radius 3 is 1.90 bits per heavy atom. The van der Waals surface area contributed by atoms with Crippen LogP contribution in [0.3, 0.4) is 0 Å². The number of Topliss-reactive ketones (excluding diaryl/α,β-unsaturated/α-hetero) is 1. The van der Waals surface area contributed by atoms with Gasteiger partial charge in [-0.1, -0.05) is 0 Å². The Labute approximate surface area is 133 Å². The van der Waals surface area contributed by atoms with Gasteiger partial charge in [0.2, 0.25) is 0 Å². The van der Waals surface area contributed by atoms with Crippen molar-refractivity contribution in [1.82, 2.24) is 21.5 Å². The fourth-order valence-corrected chi connectivity index (χ4v) is 1.11. The van der Waals surface area contributed by atoms with Gasteiger partial charge in [-0.15, -0.1) is 0 Å². The Kier molecular flexibility index (Phi) is 9.80. The molecule has 0 aliphatic rings. The lowest BCUT2D eigenvalue weighted by atomic mass is 10.3. The predicted molar refractivity (Wildman–Crippen MR) is 90.4 cm³/mol. The van der Waals surface area contributed by atoms with E-state index in [9.17, 15) is 9.59 Å². The van der Waals surface area contributed by atoms with Crippen molar-refractivity contribution >= 4 is 58.2 Å². The highest BCUT2D eigenvalue weighted by molar-refractivity contribution is 7.80. The van der Waals surface area contributed by atoms with Gasteiger partial charge in [0.1, 0.15) is 5.71 Å². The van der Waals surface area contributed by atoms with Gasteiger partial charge in [-0.05, 0) is 38.3 Å². The molecule has 0 aliphatic carbocycles. The molecular formula is C11H18N6O2S2. The molecule has 0 aliphatic heterocycles. The van der Waals surface area contributed by atoms with E-state index >= 15 is 0 Å².